The van der Waals surface area contributed by atoms with Crippen molar-refractivity contribution in [2.45, 2.75) is 37.8 Å². The molecule has 2 aliphatic rings. The summed E-state index contributed by atoms with van der Waals surface area (Å²) >= 11 is 0. The van der Waals surface area contributed by atoms with E-state index in [-0.39, 0.29) is 6.42 Å². The van der Waals surface area contributed by atoms with Crippen molar-refractivity contribution in [1.29, 1.82) is 0 Å². The summed E-state index contributed by atoms with van der Waals surface area (Å²) in [7, 11) is 0. The van der Waals surface area contributed by atoms with Crippen molar-refractivity contribution < 1.29 is 9.90 Å². The fourth-order valence-corrected chi connectivity index (χ4v) is 2.14. The molecule has 3 nitrogen and oxygen atoms in total. The Labute approximate surface area is 71.5 Å². The van der Waals surface area contributed by atoms with E-state index in [9.17, 15) is 4.79 Å². The molecule has 1 saturated heterocycles. The zero-order valence-corrected chi connectivity index (χ0v) is 6.92. The minimum Gasteiger partial charge on any atom is -0.481 e. The molecule has 1 fully saturated rings. The molecule has 2 unspecified atom stereocenters. The van der Waals surface area contributed by atoms with Crippen LogP contribution in [-0.4, -0.2) is 23.2 Å². The van der Waals surface area contributed by atoms with E-state index in [2.05, 4.69) is 11.4 Å². The number of hydrogen-bond donors (Lipinski definition) is 2. The summed E-state index contributed by atoms with van der Waals surface area (Å²) in [6, 6.07) is 1.01. The lowest BCUT2D eigenvalue weighted by molar-refractivity contribution is -0.136. The quantitative estimate of drug-likeness (QED) is 0.601. The van der Waals surface area contributed by atoms with Gasteiger partial charge in [0.2, 0.25) is 0 Å². The smallest absolute Gasteiger partial charge is 0.307 e. The number of aliphatic carboxylic acids is 1. The molecule has 2 N–H and O–H groups in total. The van der Waals surface area contributed by atoms with E-state index in [0.29, 0.717) is 12.1 Å². The van der Waals surface area contributed by atoms with Crippen molar-refractivity contribution in [3.8, 4) is 0 Å². The highest BCUT2D eigenvalue weighted by Crippen LogP contribution is 2.27. The molecule has 0 amide bonds. The monoisotopic (exact) mass is 167 g/mol. The molecule has 2 rings (SSSR count). The first-order valence-corrected chi connectivity index (χ1v) is 4.41. The Kier molecular flexibility index (Phi) is 1.89. The van der Waals surface area contributed by atoms with Crippen LogP contribution in [0.1, 0.15) is 25.7 Å². The largest absolute Gasteiger partial charge is 0.481 e. The maximum atomic E-state index is 10.4. The number of carboxylic acids is 1. The summed E-state index contributed by atoms with van der Waals surface area (Å²) < 4.78 is 0. The first kappa shape index (κ1) is 7.80. The summed E-state index contributed by atoms with van der Waals surface area (Å²) in [6.07, 6.45) is 5.63. The molecule has 0 aromatic carbocycles. The summed E-state index contributed by atoms with van der Waals surface area (Å²) in [5.41, 5.74) is 1.11. The number of carbonyl (C=O) groups is 1. The molecule has 0 spiro atoms. The Morgan fingerprint density at radius 3 is 3.17 bits per heavy atom. The van der Waals surface area contributed by atoms with Crippen molar-refractivity contribution in [1.82, 2.24) is 5.32 Å². The van der Waals surface area contributed by atoms with Gasteiger partial charge in [-0.3, -0.25) is 4.79 Å². The summed E-state index contributed by atoms with van der Waals surface area (Å²) in [5.74, 6) is -0.706. The average Bonchev–Trinajstić information content (AvgIpc) is 2.29. The molecule has 2 atom stereocenters. The number of rotatable bonds is 2. The average molecular weight is 167 g/mol. The fraction of sp³-hybridized carbons (Fsp3) is 0.667. The number of nitrogens with one attached hydrogen (secondary N) is 1. The second-order valence-electron chi connectivity index (χ2n) is 3.65. The van der Waals surface area contributed by atoms with Crippen LogP contribution in [0.5, 0.6) is 0 Å². The van der Waals surface area contributed by atoms with Crippen molar-refractivity contribution >= 4 is 5.97 Å². The minimum atomic E-state index is -0.706. The van der Waals surface area contributed by atoms with Crippen LogP contribution in [0.15, 0.2) is 11.6 Å². The third-order valence-corrected chi connectivity index (χ3v) is 2.60. The highest BCUT2D eigenvalue weighted by Gasteiger charge is 2.28. The molecular weight excluding hydrogens is 154 g/mol. The Morgan fingerprint density at radius 2 is 2.50 bits per heavy atom. The molecule has 2 heterocycles. The predicted molar refractivity (Wildman–Crippen MR) is 44.9 cm³/mol. The normalized spacial score (nSPS) is 33.2. The molecule has 0 aromatic rings. The van der Waals surface area contributed by atoms with Gasteiger partial charge in [0.05, 0.1) is 6.42 Å². The van der Waals surface area contributed by atoms with E-state index in [1.54, 1.807) is 0 Å². The van der Waals surface area contributed by atoms with Crippen LogP contribution in [0.3, 0.4) is 0 Å². The van der Waals surface area contributed by atoms with E-state index >= 15 is 0 Å². The number of carboxylic acid groups (broad SMARTS) is 1. The Morgan fingerprint density at radius 1 is 1.67 bits per heavy atom. The molecule has 0 aliphatic carbocycles. The van der Waals surface area contributed by atoms with Gasteiger partial charge in [-0.2, -0.15) is 0 Å². The van der Waals surface area contributed by atoms with E-state index in [4.69, 9.17) is 5.11 Å². The number of hydrogen-bond acceptors (Lipinski definition) is 2. The lowest BCUT2D eigenvalue weighted by atomic mass is 10.0. The van der Waals surface area contributed by atoms with Gasteiger partial charge in [0, 0.05) is 12.1 Å². The highest BCUT2D eigenvalue weighted by atomic mass is 16.4. The van der Waals surface area contributed by atoms with Gasteiger partial charge in [0.25, 0.3) is 0 Å². The molecule has 0 radical (unpaired) electrons. The van der Waals surface area contributed by atoms with Crippen molar-refractivity contribution in [2.24, 2.45) is 0 Å². The molecule has 0 aromatic heterocycles. The van der Waals surface area contributed by atoms with Gasteiger partial charge in [0.1, 0.15) is 0 Å². The van der Waals surface area contributed by atoms with E-state index < -0.39 is 5.97 Å². The van der Waals surface area contributed by atoms with Gasteiger partial charge in [0.15, 0.2) is 0 Å². The van der Waals surface area contributed by atoms with Crippen LogP contribution in [0.4, 0.5) is 0 Å². The topological polar surface area (TPSA) is 49.3 Å². The Balaban J connectivity index is 2.03. The van der Waals surface area contributed by atoms with Gasteiger partial charge in [-0.1, -0.05) is 11.6 Å². The van der Waals surface area contributed by atoms with Crippen LogP contribution >= 0.6 is 0 Å². The van der Waals surface area contributed by atoms with Gasteiger partial charge in [-0.25, -0.2) is 0 Å². The van der Waals surface area contributed by atoms with E-state index in [0.717, 1.165) is 12.0 Å². The highest BCUT2D eigenvalue weighted by molar-refractivity contribution is 5.70. The van der Waals surface area contributed by atoms with Gasteiger partial charge >= 0.3 is 5.97 Å². The molecule has 66 valence electrons. The second-order valence-corrected chi connectivity index (χ2v) is 3.65. The lowest BCUT2D eigenvalue weighted by Gasteiger charge is -2.20. The van der Waals surface area contributed by atoms with Crippen LogP contribution < -0.4 is 5.32 Å². The van der Waals surface area contributed by atoms with Crippen molar-refractivity contribution in [3.05, 3.63) is 11.6 Å². The van der Waals surface area contributed by atoms with Crippen molar-refractivity contribution in [2.75, 3.05) is 0 Å². The SMILES string of the molecule is O=C(O)CC1=CC2CCC(C1)N2. The first-order chi connectivity index (χ1) is 5.74. The van der Waals surface area contributed by atoms with Gasteiger partial charge in [-0.05, 0) is 19.3 Å². The molecule has 0 saturated carbocycles. The Hall–Kier alpha value is -0.830. The fourth-order valence-electron chi connectivity index (χ4n) is 2.14. The van der Waals surface area contributed by atoms with Crippen LogP contribution in [-0.2, 0) is 4.79 Å². The molecule has 12 heavy (non-hydrogen) atoms. The maximum absolute atomic E-state index is 10.4. The lowest BCUT2D eigenvalue weighted by Crippen LogP contribution is -2.32. The number of fused-ring (bicyclic) bond motifs is 2. The van der Waals surface area contributed by atoms with Crippen LogP contribution in [0.25, 0.3) is 0 Å². The summed E-state index contributed by atoms with van der Waals surface area (Å²) in [5, 5.41) is 12.0. The third kappa shape index (κ3) is 1.50. The third-order valence-electron chi connectivity index (χ3n) is 2.60. The summed E-state index contributed by atoms with van der Waals surface area (Å²) in [4.78, 5) is 10.4. The molecule has 3 heteroatoms. The minimum absolute atomic E-state index is 0.231. The maximum Gasteiger partial charge on any atom is 0.307 e. The van der Waals surface area contributed by atoms with E-state index in [1.807, 2.05) is 0 Å². The molecule has 2 bridgehead atoms. The zero-order chi connectivity index (χ0) is 8.55. The zero-order valence-electron chi connectivity index (χ0n) is 6.92. The second kappa shape index (κ2) is 2.90. The summed E-state index contributed by atoms with van der Waals surface area (Å²) in [6.45, 7) is 0. The van der Waals surface area contributed by atoms with Crippen LogP contribution in [0, 0.1) is 0 Å². The standard InChI is InChI=1S/C9H13NO2/c11-9(12)5-6-3-7-1-2-8(4-6)10-7/h3,7-8,10H,1-2,4-5H2,(H,11,12). The van der Waals surface area contributed by atoms with E-state index in [1.165, 1.54) is 12.8 Å². The first-order valence-electron chi connectivity index (χ1n) is 4.41. The van der Waals surface area contributed by atoms with Crippen LogP contribution in [0.2, 0.25) is 0 Å². The van der Waals surface area contributed by atoms with Gasteiger partial charge in [-0.15, -0.1) is 0 Å². The van der Waals surface area contributed by atoms with Crippen molar-refractivity contribution in [3.63, 3.8) is 0 Å². The Bertz CT molecular complexity index is 235. The molecule has 2 aliphatic heterocycles. The molecular formula is C9H13NO2. The predicted octanol–water partition coefficient (Wildman–Crippen LogP) is 0.912. The van der Waals surface area contributed by atoms with Gasteiger partial charge < -0.3 is 10.4 Å².